The third kappa shape index (κ3) is 6.04. The summed E-state index contributed by atoms with van der Waals surface area (Å²) in [7, 11) is 0. The number of hydrogen-bond donors (Lipinski definition) is 3. The lowest BCUT2D eigenvalue weighted by molar-refractivity contribution is -0.113. The Hall–Kier alpha value is -2.96. The molecule has 0 aromatic heterocycles. The van der Waals surface area contributed by atoms with E-state index in [9.17, 15) is 9.59 Å². The number of halogens is 1. The molecular weight excluding hydrogens is 394 g/mol. The van der Waals surface area contributed by atoms with Gasteiger partial charge in [0, 0.05) is 22.0 Å². The van der Waals surface area contributed by atoms with Crippen molar-refractivity contribution in [2.75, 3.05) is 21.7 Å². The number of anilines is 3. The number of carbonyl (C=O) groups is 2. The van der Waals surface area contributed by atoms with Gasteiger partial charge in [-0.1, -0.05) is 48.0 Å². The van der Waals surface area contributed by atoms with Crippen LogP contribution in [0.15, 0.2) is 83.8 Å². The molecule has 3 amide bonds. The van der Waals surface area contributed by atoms with Crippen LogP contribution in [-0.4, -0.2) is 17.7 Å². The second-order valence-electron chi connectivity index (χ2n) is 5.79. The number of para-hydroxylation sites is 1. The van der Waals surface area contributed by atoms with Gasteiger partial charge in [0.05, 0.1) is 10.8 Å². The van der Waals surface area contributed by atoms with E-state index in [0.29, 0.717) is 22.1 Å². The number of amides is 3. The number of rotatable bonds is 6. The molecule has 0 aliphatic heterocycles. The molecule has 3 rings (SSSR count). The van der Waals surface area contributed by atoms with Crippen LogP contribution in [-0.2, 0) is 4.79 Å². The smallest absolute Gasteiger partial charge is 0.323 e. The first-order chi connectivity index (χ1) is 13.6. The Labute approximate surface area is 172 Å². The van der Waals surface area contributed by atoms with Gasteiger partial charge in [0.25, 0.3) is 0 Å². The van der Waals surface area contributed by atoms with Crippen molar-refractivity contribution in [1.82, 2.24) is 0 Å². The highest BCUT2D eigenvalue weighted by atomic mass is 35.5. The largest absolute Gasteiger partial charge is 0.325 e. The maximum atomic E-state index is 12.2. The van der Waals surface area contributed by atoms with Crippen molar-refractivity contribution in [3.63, 3.8) is 0 Å². The van der Waals surface area contributed by atoms with Crippen LogP contribution < -0.4 is 16.0 Å². The number of carbonyl (C=O) groups excluding carboxylic acids is 2. The van der Waals surface area contributed by atoms with Crippen LogP contribution in [0.3, 0.4) is 0 Å². The average Bonchev–Trinajstić information content (AvgIpc) is 2.68. The summed E-state index contributed by atoms with van der Waals surface area (Å²) < 4.78 is 0. The van der Waals surface area contributed by atoms with E-state index in [1.165, 1.54) is 11.8 Å². The van der Waals surface area contributed by atoms with Gasteiger partial charge < -0.3 is 16.0 Å². The van der Waals surface area contributed by atoms with Gasteiger partial charge in [-0.2, -0.15) is 0 Å². The Morgan fingerprint density at radius 3 is 2.11 bits per heavy atom. The number of nitrogens with one attached hydrogen (secondary N) is 3. The second-order valence-corrected chi connectivity index (χ2v) is 7.22. The molecule has 0 heterocycles. The summed E-state index contributed by atoms with van der Waals surface area (Å²) in [5.41, 5.74) is 1.87. The molecular formula is C21H18ClN3O2S. The minimum Gasteiger partial charge on any atom is -0.325 e. The lowest BCUT2D eigenvalue weighted by atomic mass is 10.2. The van der Waals surface area contributed by atoms with Gasteiger partial charge >= 0.3 is 6.03 Å². The predicted octanol–water partition coefficient (Wildman–Crippen LogP) is 5.71. The third-order valence-electron chi connectivity index (χ3n) is 3.63. The Morgan fingerprint density at radius 2 is 1.36 bits per heavy atom. The van der Waals surface area contributed by atoms with Gasteiger partial charge in [-0.25, -0.2) is 4.79 Å². The molecule has 5 nitrogen and oxygen atoms in total. The lowest BCUT2D eigenvalue weighted by Crippen LogP contribution is -2.19. The highest BCUT2D eigenvalue weighted by Gasteiger charge is 2.07. The van der Waals surface area contributed by atoms with Gasteiger partial charge in [-0.3, -0.25) is 4.79 Å². The highest BCUT2D eigenvalue weighted by molar-refractivity contribution is 8.00. The first-order valence-corrected chi connectivity index (χ1v) is 9.87. The van der Waals surface area contributed by atoms with Gasteiger partial charge in [0.2, 0.25) is 5.91 Å². The molecule has 0 spiro atoms. The molecule has 3 aromatic rings. The molecule has 0 aliphatic carbocycles. The third-order valence-corrected chi connectivity index (χ3v) is 5.15. The van der Waals surface area contributed by atoms with Crippen molar-refractivity contribution in [3.8, 4) is 0 Å². The summed E-state index contributed by atoms with van der Waals surface area (Å²) in [5, 5.41) is 8.93. The normalized spacial score (nSPS) is 10.2. The maximum absolute atomic E-state index is 12.2. The minimum absolute atomic E-state index is 0.157. The Kier molecular flexibility index (Phi) is 6.94. The van der Waals surface area contributed by atoms with E-state index in [-0.39, 0.29) is 17.7 Å². The first-order valence-electron chi connectivity index (χ1n) is 8.50. The van der Waals surface area contributed by atoms with Crippen molar-refractivity contribution < 1.29 is 9.59 Å². The fourth-order valence-electron chi connectivity index (χ4n) is 2.39. The molecule has 0 fully saturated rings. The molecule has 0 unspecified atom stereocenters. The number of urea groups is 1. The van der Waals surface area contributed by atoms with Gasteiger partial charge in [0.15, 0.2) is 0 Å². The molecule has 0 bridgehead atoms. The Balaban J connectivity index is 1.53. The van der Waals surface area contributed by atoms with Gasteiger partial charge in [-0.15, -0.1) is 11.8 Å². The minimum atomic E-state index is -0.357. The molecule has 7 heteroatoms. The summed E-state index contributed by atoms with van der Waals surface area (Å²) in [6.45, 7) is 0. The molecule has 0 aliphatic rings. The quantitative estimate of drug-likeness (QED) is 0.454. The molecule has 3 N–H and O–H groups in total. The molecule has 0 atom stereocenters. The molecule has 3 aromatic carbocycles. The van der Waals surface area contributed by atoms with Crippen LogP contribution in [0.4, 0.5) is 21.9 Å². The standard InChI is InChI=1S/C21H18ClN3O2S/c22-18-11-4-5-12-19(18)28-14-20(26)23-16-9-6-10-17(13-16)25-21(27)24-15-7-2-1-3-8-15/h1-13H,14H2,(H,23,26)(H2,24,25,27). The van der Waals surface area contributed by atoms with E-state index >= 15 is 0 Å². The molecule has 0 saturated heterocycles. The van der Waals surface area contributed by atoms with Crippen LogP contribution in [0.2, 0.25) is 5.02 Å². The second kappa shape index (κ2) is 9.82. The van der Waals surface area contributed by atoms with Crippen LogP contribution in [0.5, 0.6) is 0 Å². The predicted molar refractivity (Wildman–Crippen MR) is 116 cm³/mol. The summed E-state index contributed by atoms with van der Waals surface area (Å²) in [4.78, 5) is 25.1. The topological polar surface area (TPSA) is 70.2 Å². The van der Waals surface area contributed by atoms with Crippen molar-refractivity contribution in [3.05, 3.63) is 83.9 Å². The first kappa shape index (κ1) is 19.8. The Morgan fingerprint density at radius 1 is 0.750 bits per heavy atom. The number of thioether (sulfide) groups is 1. The van der Waals surface area contributed by atoms with E-state index in [4.69, 9.17) is 11.6 Å². The van der Waals surface area contributed by atoms with Crippen molar-refractivity contribution >= 4 is 52.4 Å². The van der Waals surface area contributed by atoms with Crippen LogP contribution >= 0.6 is 23.4 Å². The summed E-state index contributed by atoms with van der Waals surface area (Å²) in [5.74, 6) is 0.0754. The van der Waals surface area contributed by atoms with E-state index < -0.39 is 0 Å². The highest BCUT2D eigenvalue weighted by Crippen LogP contribution is 2.26. The van der Waals surface area contributed by atoms with Crippen molar-refractivity contribution in [2.24, 2.45) is 0 Å². The van der Waals surface area contributed by atoms with Gasteiger partial charge in [-0.05, 0) is 42.5 Å². The molecule has 142 valence electrons. The molecule has 28 heavy (non-hydrogen) atoms. The number of benzene rings is 3. The van der Waals surface area contributed by atoms with E-state index in [1.54, 1.807) is 42.5 Å². The fraction of sp³-hybridized carbons (Fsp3) is 0.0476. The van der Waals surface area contributed by atoms with E-state index in [2.05, 4.69) is 16.0 Å². The summed E-state index contributed by atoms with van der Waals surface area (Å²) in [6.07, 6.45) is 0. The zero-order chi connectivity index (χ0) is 19.8. The Bertz CT molecular complexity index is 967. The molecule has 0 radical (unpaired) electrons. The van der Waals surface area contributed by atoms with Crippen LogP contribution in [0.1, 0.15) is 0 Å². The van der Waals surface area contributed by atoms with Crippen molar-refractivity contribution in [2.45, 2.75) is 4.90 Å². The van der Waals surface area contributed by atoms with Crippen molar-refractivity contribution in [1.29, 1.82) is 0 Å². The van der Waals surface area contributed by atoms with Gasteiger partial charge in [0.1, 0.15) is 0 Å². The summed E-state index contributed by atoms with van der Waals surface area (Å²) >= 11 is 7.46. The van der Waals surface area contributed by atoms with Crippen LogP contribution in [0, 0.1) is 0 Å². The fourth-order valence-corrected chi connectivity index (χ4v) is 3.43. The van der Waals surface area contributed by atoms with Crippen LogP contribution in [0.25, 0.3) is 0 Å². The summed E-state index contributed by atoms with van der Waals surface area (Å²) in [6, 6.07) is 23.1. The van der Waals surface area contributed by atoms with E-state index in [1.807, 2.05) is 36.4 Å². The lowest BCUT2D eigenvalue weighted by Gasteiger charge is -2.10. The average molecular weight is 412 g/mol. The monoisotopic (exact) mass is 411 g/mol. The zero-order valence-corrected chi connectivity index (χ0v) is 16.4. The maximum Gasteiger partial charge on any atom is 0.323 e. The SMILES string of the molecule is O=C(CSc1ccccc1Cl)Nc1cccc(NC(=O)Nc2ccccc2)c1. The zero-order valence-electron chi connectivity index (χ0n) is 14.8. The number of hydrogen-bond acceptors (Lipinski definition) is 3. The van der Waals surface area contributed by atoms with E-state index in [0.717, 1.165) is 4.90 Å². The molecule has 0 saturated carbocycles.